The summed E-state index contributed by atoms with van der Waals surface area (Å²) < 4.78 is 37.9. The van der Waals surface area contributed by atoms with Crippen molar-refractivity contribution in [2.24, 2.45) is 0 Å². The summed E-state index contributed by atoms with van der Waals surface area (Å²) in [4.78, 5) is 0.995. The van der Waals surface area contributed by atoms with E-state index in [2.05, 4.69) is 10.2 Å². The Morgan fingerprint density at radius 3 is 2.40 bits per heavy atom. The van der Waals surface area contributed by atoms with E-state index in [1.165, 1.54) is 0 Å². The lowest BCUT2D eigenvalue weighted by Gasteiger charge is -2.24. The summed E-state index contributed by atoms with van der Waals surface area (Å²) >= 11 is 0. The van der Waals surface area contributed by atoms with Crippen LogP contribution in [-0.4, -0.2) is 41.2 Å². The molecule has 1 N–H and O–H groups in total. The first-order valence-electron chi connectivity index (χ1n) is 6.07. The smallest absolute Gasteiger partial charge is 0.395 e. The number of fused-ring (bicyclic) bond motifs is 1. The van der Waals surface area contributed by atoms with E-state index >= 15 is 0 Å². The lowest BCUT2D eigenvalue weighted by atomic mass is 10.1. The van der Waals surface area contributed by atoms with E-state index in [0.717, 1.165) is 10.3 Å². The minimum absolute atomic E-state index is 0.137. The number of rotatable bonds is 4. The van der Waals surface area contributed by atoms with Gasteiger partial charge >= 0.3 is 6.18 Å². The van der Waals surface area contributed by atoms with Crippen LogP contribution in [0, 0.1) is 6.92 Å². The van der Waals surface area contributed by atoms with Crippen LogP contribution < -0.4 is 4.90 Å². The van der Waals surface area contributed by atoms with Crippen LogP contribution in [0.4, 0.5) is 19.0 Å². The fourth-order valence-electron chi connectivity index (χ4n) is 2.05. The molecule has 0 amide bonds. The third-order valence-electron chi connectivity index (χ3n) is 2.89. The van der Waals surface area contributed by atoms with Gasteiger partial charge in [-0.05, 0) is 6.92 Å². The van der Waals surface area contributed by atoms with Crippen LogP contribution in [0.2, 0.25) is 0 Å². The van der Waals surface area contributed by atoms with E-state index in [9.17, 15) is 13.2 Å². The molecular formula is C13H14F3N3O. The van der Waals surface area contributed by atoms with Crippen LogP contribution in [0.15, 0.2) is 24.3 Å². The largest absolute Gasteiger partial charge is 0.405 e. The predicted molar refractivity (Wildman–Crippen MR) is 69.6 cm³/mol. The quantitative estimate of drug-likeness (QED) is 0.936. The highest BCUT2D eigenvalue weighted by Crippen LogP contribution is 2.27. The zero-order chi connectivity index (χ0) is 14.8. The molecule has 0 fully saturated rings. The third kappa shape index (κ3) is 3.16. The molecule has 0 saturated carbocycles. The molecule has 7 heteroatoms. The first-order chi connectivity index (χ1) is 9.42. The normalized spacial score (nSPS) is 11.8. The maximum absolute atomic E-state index is 12.6. The SMILES string of the molecule is Cc1nnc(N(CCO)CC(F)(F)F)c2ccccc12. The van der Waals surface area contributed by atoms with Crippen molar-refractivity contribution in [3.63, 3.8) is 0 Å². The first-order valence-corrected chi connectivity index (χ1v) is 6.07. The Bertz CT molecular complexity index is 601. The Balaban J connectivity index is 2.51. The molecule has 2 rings (SSSR count). The van der Waals surface area contributed by atoms with Gasteiger partial charge in [0, 0.05) is 17.3 Å². The van der Waals surface area contributed by atoms with Gasteiger partial charge in [0.25, 0.3) is 0 Å². The van der Waals surface area contributed by atoms with Gasteiger partial charge in [-0.25, -0.2) is 0 Å². The van der Waals surface area contributed by atoms with E-state index in [-0.39, 0.29) is 19.0 Å². The van der Waals surface area contributed by atoms with Gasteiger partial charge in [0.15, 0.2) is 5.82 Å². The highest BCUT2D eigenvalue weighted by molar-refractivity contribution is 5.93. The zero-order valence-electron chi connectivity index (χ0n) is 10.9. The lowest BCUT2D eigenvalue weighted by Crippen LogP contribution is -2.37. The Morgan fingerprint density at radius 1 is 1.15 bits per heavy atom. The molecule has 0 unspecified atom stereocenters. The van der Waals surface area contributed by atoms with Crippen LogP contribution in [0.1, 0.15) is 5.69 Å². The monoisotopic (exact) mass is 285 g/mol. The van der Waals surface area contributed by atoms with Crippen molar-refractivity contribution in [2.75, 3.05) is 24.6 Å². The van der Waals surface area contributed by atoms with Crippen molar-refractivity contribution in [1.82, 2.24) is 10.2 Å². The number of nitrogens with zero attached hydrogens (tertiary/aromatic N) is 3. The molecule has 0 aliphatic rings. The molecule has 20 heavy (non-hydrogen) atoms. The van der Waals surface area contributed by atoms with Crippen molar-refractivity contribution < 1.29 is 18.3 Å². The molecule has 0 atom stereocenters. The van der Waals surface area contributed by atoms with Gasteiger partial charge in [0.1, 0.15) is 6.54 Å². The summed E-state index contributed by atoms with van der Waals surface area (Å²) in [6.45, 7) is 0.0375. The van der Waals surface area contributed by atoms with Gasteiger partial charge < -0.3 is 10.0 Å². The van der Waals surface area contributed by atoms with Crippen molar-refractivity contribution in [3.05, 3.63) is 30.0 Å². The number of benzene rings is 1. The van der Waals surface area contributed by atoms with Crippen molar-refractivity contribution in [3.8, 4) is 0 Å². The minimum atomic E-state index is -4.37. The zero-order valence-corrected chi connectivity index (χ0v) is 10.9. The Labute approximate surface area is 113 Å². The van der Waals surface area contributed by atoms with E-state index in [1.807, 2.05) is 0 Å². The number of aliphatic hydroxyl groups excluding tert-OH is 1. The van der Waals surface area contributed by atoms with E-state index < -0.39 is 12.7 Å². The summed E-state index contributed by atoms with van der Waals surface area (Å²) in [5, 5.41) is 18.1. The van der Waals surface area contributed by atoms with Crippen LogP contribution in [0.5, 0.6) is 0 Å². The van der Waals surface area contributed by atoms with Crippen molar-refractivity contribution in [2.45, 2.75) is 13.1 Å². The average Bonchev–Trinajstić information content (AvgIpc) is 2.37. The number of halogens is 3. The Hall–Kier alpha value is -1.89. The fourth-order valence-corrected chi connectivity index (χ4v) is 2.05. The van der Waals surface area contributed by atoms with E-state index in [1.54, 1.807) is 31.2 Å². The fraction of sp³-hybridized carbons (Fsp3) is 0.385. The van der Waals surface area contributed by atoms with Gasteiger partial charge in [0.05, 0.1) is 12.3 Å². The van der Waals surface area contributed by atoms with Crippen LogP contribution in [0.25, 0.3) is 10.8 Å². The van der Waals surface area contributed by atoms with Crippen LogP contribution >= 0.6 is 0 Å². The molecule has 108 valence electrons. The molecule has 1 heterocycles. The maximum Gasteiger partial charge on any atom is 0.405 e. The summed E-state index contributed by atoms with van der Waals surface area (Å²) in [6, 6.07) is 7.01. The minimum Gasteiger partial charge on any atom is -0.395 e. The molecule has 2 aromatic rings. The number of aromatic nitrogens is 2. The highest BCUT2D eigenvalue weighted by Gasteiger charge is 2.32. The number of hydrogen-bond donors (Lipinski definition) is 1. The predicted octanol–water partition coefficient (Wildman–Crippen LogP) is 2.30. The molecule has 0 aliphatic heterocycles. The molecule has 1 aromatic carbocycles. The molecule has 4 nitrogen and oxygen atoms in total. The second-order valence-corrected chi connectivity index (χ2v) is 4.41. The third-order valence-corrected chi connectivity index (χ3v) is 2.89. The van der Waals surface area contributed by atoms with E-state index in [4.69, 9.17) is 5.11 Å². The molecule has 1 aromatic heterocycles. The van der Waals surface area contributed by atoms with Gasteiger partial charge in [-0.1, -0.05) is 24.3 Å². The molecular weight excluding hydrogens is 271 g/mol. The average molecular weight is 285 g/mol. The number of aliphatic hydroxyl groups is 1. The topological polar surface area (TPSA) is 49.2 Å². The number of anilines is 1. The molecule has 0 spiro atoms. The van der Waals surface area contributed by atoms with E-state index in [0.29, 0.717) is 11.1 Å². The molecule has 0 aliphatic carbocycles. The number of aryl methyl sites for hydroxylation is 1. The second kappa shape index (κ2) is 5.62. The van der Waals surface area contributed by atoms with Crippen LogP contribution in [0.3, 0.4) is 0 Å². The Kier molecular flexibility index (Phi) is 4.08. The highest BCUT2D eigenvalue weighted by atomic mass is 19.4. The second-order valence-electron chi connectivity index (χ2n) is 4.41. The molecule has 0 saturated heterocycles. The van der Waals surface area contributed by atoms with Gasteiger partial charge in [0.2, 0.25) is 0 Å². The van der Waals surface area contributed by atoms with Gasteiger partial charge in [-0.3, -0.25) is 0 Å². The van der Waals surface area contributed by atoms with Crippen molar-refractivity contribution >= 4 is 16.6 Å². The van der Waals surface area contributed by atoms with Crippen molar-refractivity contribution in [1.29, 1.82) is 0 Å². The molecule has 0 radical (unpaired) electrons. The summed E-state index contributed by atoms with van der Waals surface area (Å²) in [7, 11) is 0. The summed E-state index contributed by atoms with van der Waals surface area (Å²) in [5.74, 6) is 0.137. The molecule has 0 bridgehead atoms. The Morgan fingerprint density at radius 2 is 1.80 bits per heavy atom. The lowest BCUT2D eigenvalue weighted by molar-refractivity contribution is -0.119. The summed E-state index contributed by atoms with van der Waals surface area (Å²) in [6.07, 6.45) is -4.37. The number of hydrogen-bond acceptors (Lipinski definition) is 4. The van der Waals surface area contributed by atoms with Crippen LogP contribution in [-0.2, 0) is 0 Å². The van der Waals surface area contributed by atoms with Gasteiger partial charge in [-0.15, -0.1) is 5.10 Å². The van der Waals surface area contributed by atoms with Gasteiger partial charge in [-0.2, -0.15) is 18.3 Å². The first kappa shape index (κ1) is 14.5. The standard InChI is InChI=1S/C13H14F3N3O/c1-9-10-4-2-3-5-11(10)12(18-17-9)19(6-7-20)8-13(14,15)16/h2-5,20H,6-8H2,1H3. The maximum atomic E-state index is 12.6. The number of alkyl halides is 3. The summed E-state index contributed by atoms with van der Waals surface area (Å²) in [5.41, 5.74) is 0.653.